The molecular formula is C62H82ClN17O13S2. The maximum atomic E-state index is 15.0. The van der Waals surface area contributed by atoms with E-state index in [-0.39, 0.29) is 100 Å². The Bertz CT molecular complexity index is 3450. The second-order valence-corrected chi connectivity index (χ2v) is 25.7. The van der Waals surface area contributed by atoms with Gasteiger partial charge < -0.3 is 91.6 Å². The number of benzene rings is 4. The van der Waals surface area contributed by atoms with Crippen LogP contribution in [0.3, 0.4) is 0 Å². The largest absolute Gasteiger partial charge is 0.508 e. The monoisotopic (exact) mass is 1370 g/mol. The van der Waals surface area contributed by atoms with Gasteiger partial charge in [-0.2, -0.15) is 0 Å². The molecule has 95 heavy (non-hydrogen) atoms. The Kier molecular flexibility index (Phi) is 29.0. The number of nitrogens with one attached hydrogen (secondary N) is 9. The molecule has 6 rings (SSSR count). The van der Waals surface area contributed by atoms with Crippen LogP contribution in [-0.4, -0.2) is 190 Å². The third-order valence-electron chi connectivity index (χ3n) is 15.3. The number of amides is 11. The first-order valence-corrected chi connectivity index (χ1v) is 33.4. The lowest BCUT2D eigenvalue weighted by atomic mass is 10.00. The fourth-order valence-electron chi connectivity index (χ4n) is 10.3. The Balaban J connectivity index is 1.38. The van der Waals surface area contributed by atoms with Crippen molar-refractivity contribution in [2.75, 3.05) is 37.7 Å². The van der Waals surface area contributed by atoms with Crippen LogP contribution in [0.4, 0.5) is 0 Å². The number of primary amides is 1. The van der Waals surface area contributed by atoms with Gasteiger partial charge in [0.25, 0.3) is 0 Å². The highest BCUT2D eigenvalue weighted by Crippen LogP contribution is 2.26. The summed E-state index contributed by atoms with van der Waals surface area (Å²) < 4.78 is 0. The van der Waals surface area contributed by atoms with Crippen LogP contribution in [-0.2, 0) is 72.0 Å². The number of aliphatic hydroxyl groups is 1. The molecule has 2 aliphatic rings. The molecule has 4 aromatic carbocycles. The molecule has 0 unspecified atom stereocenters. The third kappa shape index (κ3) is 23.8. The van der Waals surface area contributed by atoms with E-state index in [0.717, 1.165) is 32.4 Å². The van der Waals surface area contributed by atoms with Crippen molar-refractivity contribution in [2.45, 2.75) is 132 Å². The number of likely N-dealkylation sites (tertiary alicyclic amines) is 1. The topological polar surface area (TPSA) is 495 Å². The maximum Gasteiger partial charge on any atom is 0.245 e. The van der Waals surface area contributed by atoms with Gasteiger partial charge in [0.15, 0.2) is 11.9 Å². The fraction of sp³-hybridized carbons (Fsp3) is 0.435. The van der Waals surface area contributed by atoms with Gasteiger partial charge in [0.1, 0.15) is 66.2 Å². The lowest BCUT2D eigenvalue weighted by Gasteiger charge is -2.30. The third-order valence-corrected chi connectivity index (χ3v) is 18.0. The van der Waals surface area contributed by atoms with E-state index < -0.39 is 132 Å². The predicted molar refractivity (Wildman–Crippen MR) is 359 cm³/mol. The molecule has 512 valence electrons. The standard InChI is InChI=1S/C62H82ClN17O13S2/c1-33(51(64)84)71-59(92)50-12-7-25-80(50)60(93)43(11-6-24-70-62(67)68)74-57(90)48-31-94-95-32-49(58(91)77-47(30-81)56(89)76-45(28-36-16-21-41(83)22-17-36)54(87)73-42(52(85)78-48)10-5-23-69-61(65)66)79-55(88)46(27-35-14-19-40(63)20-15-35)75-53(86)44(72-34(2)82)29-37-13-18-38-8-3-4-9-39(38)26-37/h3-4,8-9,13-22,26,33,42-50,81,83H,5-7,10-12,23-25,27-32H2,1-2H3,(H2,64,84)(H,71,92)(H,72,82)(H,73,87)(H,74,90)(H,75,86)(H,76,89)(H,77,91)(H,78,85)(H,79,88)(H4,65,66,69)(H4,67,68,70)/t33-,42-,43-,44-,45+,46+,47+,48-,49-,50+/m1/s1. The fourth-order valence-corrected chi connectivity index (χ4v) is 12.8. The van der Waals surface area contributed by atoms with Crippen LogP contribution in [0, 0.1) is 0 Å². The molecule has 0 spiro atoms. The van der Waals surface area contributed by atoms with Crippen LogP contribution in [0.2, 0.25) is 5.02 Å². The predicted octanol–water partition coefficient (Wildman–Crippen LogP) is -2.40. The maximum absolute atomic E-state index is 15.0. The second-order valence-electron chi connectivity index (χ2n) is 22.7. The van der Waals surface area contributed by atoms with Gasteiger partial charge >= 0.3 is 0 Å². The van der Waals surface area contributed by atoms with E-state index in [9.17, 15) is 63.0 Å². The highest BCUT2D eigenvalue weighted by Gasteiger charge is 2.40. The summed E-state index contributed by atoms with van der Waals surface area (Å²) in [6, 6.07) is 10.7. The van der Waals surface area contributed by atoms with Crippen LogP contribution >= 0.6 is 33.2 Å². The van der Waals surface area contributed by atoms with Crippen molar-refractivity contribution >= 4 is 121 Å². The van der Waals surface area contributed by atoms with Crippen molar-refractivity contribution < 1.29 is 63.0 Å². The number of fused-ring (bicyclic) bond motifs is 1. The average molecular weight is 1370 g/mol. The number of hydrogen-bond donors (Lipinski definition) is 16. The van der Waals surface area contributed by atoms with Crippen molar-refractivity contribution in [3.05, 3.63) is 113 Å². The van der Waals surface area contributed by atoms with Gasteiger partial charge in [-0.25, -0.2) is 0 Å². The number of rotatable bonds is 26. The molecule has 21 N–H and O–H groups in total. The summed E-state index contributed by atoms with van der Waals surface area (Å²) in [4.78, 5) is 165. The molecule has 2 aliphatic heterocycles. The van der Waals surface area contributed by atoms with Gasteiger partial charge in [0, 0.05) is 62.3 Å². The van der Waals surface area contributed by atoms with Gasteiger partial charge in [0.05, 0.1) is 6.61 Å². The van der Waals surface area contributed by atoms with E-state index >= 15 is 0 Å². The van der Waals surface area contributed by atoms with E-state index in [1.165, 1.54) is 43.0 Å². The zero-order valence-corrected chi connectivity index (χ0v) is 54.7. The number of carbonyl (C=O) groups is 11. The number of aromatic hydroxyl groups is 1. The average Bonchev–Trinajstić information content (AvgIpc) is 1.80. The quantitative estimate of drug-likeness (QED) is 0.0135. The van der Waals surface area contributed by atoms with Crippen LogP contribution in [0.15, 0.2) is 101 Å². The van der Waals surface area contributed by atoms with Crippen LogP contribution < -0.4 is 76.5 Å². The van der Waals surface area contributed by atoms with Crippen molar-refractivity contribution in [2.24, 2.45) is 38.7 Å². The summed E-state index contributed by atoms with van der Waals surface area (Å²) in [6.45, 7) is 1.62. The summed E-state index contributed by atoms with van der Waals surface area (Å²) in [5.74, 6) is -10.8. The molecule has 30 nitrogen and oxygen atoms in total. The lowest BCUT2D eigenvalue weighted by Crippen LogP contribution is -2.61. The van der Waals surface area contributed by atoms with Gasteiger partial charge in [-0.3, -0.25) is 62.7 Å². The molecule has 33 heteroatoms. The molecule has 0 saturated carbocycles. The molecule has 0 aromatic heterocycles. The Morgan fingerprint density at radius 2 is 1.24 bits per heavy atom. The van der Waals surface area contributed by atoms with Crippen molar-refractivity contribution in [1.82, 2.24) is 52.8 Å². The lowest BCUT2D eigenvalue weighted by molar-refractivity contribution is -0.142. The molecule has 2 fully saturated rings. The SMILES string of the molecule is CC(=O)N[C@H](Cc1ccc2ccccc2c1)C(=O)N[C@@H](Cc1ccc(Cl)cc1)C(=O)N[C@@H]1CSSC[C@H](C(=O)N[C@H](CCCN=C(N)N)C(=O)N2CCC[C@H]2C(=O)N[C@H](C)C(N)=O)NC(=O)[C@@H](CCCN=C(N)N)NC(=O)[C@H](Cc2ccc(O)cc2)NC(=O)[C@H](CO)NC1=O. The number of guanidine groups is 2. The molecule has 2 heterocycles. The first-order valence-electron chi connectivity index (χ1n) is 30.5. The van der Waals surface area contributed by atoms with Crippen LogP contribution in [0.5, 0.6) is 5.75 Å². The van der Waals surface area contributed by atoms with E-state index in [0.29, 0.717) is 28.1 Å². The number of aliphatic hydroxyl groups excluding tert-OH is 1. The van der Waals surface area contributed by atoms with Crippen molar-refractivity contribution in [3.8, 4) is 5.75 Å². The van der Waals surface area contributed by atoms with Crippen molar-refractivity contribution in [1.29, 1.82) is 0 Å². The molecule has 2 saturated heterocycles. The Morgan fingerprint density at radius 3 is 1.91 bits per heavy atom. The Hall–Kier alpha value is -9.40. The zero-order chi connectivity index (χ0) is 69.3. The summed E-state index contributed by atoms with van der Waals surface area (Å²) in [5, 5.41) is 46.7. The minimum atomic E-state index is -1.80. The van der Waals surface area contributed by atoms with E-state index in [2.05, 4.69) is 57.8 Å². The zero-order valence-electron chi connectivity index (χ0n) is 52.3. The second kappa shape index (κ2) is 36.9. The number of phenolic OH excluding ortho intramolecular Hbond substituents is 1. The van der Waals surface area contributed by atoms with E-state index in [1.807, 2.05) is 36.4 Å². The molecule has 0 radical (unpaired) electrons. The molecule has 4 aromatic rings. The summed E-state index contributed by atoms with van der Waals surface area (Å²) in [7, 11) is 1.81. The molecule has 10 atom stereocenters. The number of carbonyl (C=O) groups excluding carboxylic acids is 11. The van der Waals surface area contributed by atoms with Crippen LogP contribution in [0.25, 0.3) is 10.8 Å². The smallest absolute Gasteiger partial charge is 0.245 e. The minimum Gasteiger partial charge on any atom is -0.508 e. The summed E-state index contributed by atoms with van der Waals surface area (Å²) in [5.41, 5.74) is 29.4. The highest BCUT2D eigenvalue weighted by molar-refractivity contribution is 8.76. The molecule has 0 bridgehead atoms. The number of phenols is 1. The van der Waals surface area contributed by atoms with Gasteiger partial charge in [0.2, 0.25) is 65.0 Å². The first-order chi connectivity index (χ1) is 45.3. The summed E-state index contributed by atoms with van der Waals surface area (Å²) >= 11 is 6.24. The number of nitrogens with two attached hydrogens (primary N) is 5. The normalized spacial score (nSPS) is 20.1. The summed E-state index contributed by atoms with van der Waals surface area (Å²) in [6.07, 6.45) is -0.00786. The van der Waals surface area contributed by atoms with Gasteiger partial charge in [-0.05, 0) is 97.2 Å². The Morgan fingerprint density at radius 1 is 0.653 bits per heavy atom. The molecule has 11 amide bonds. The minimum absolute atomic E-state index is 0.000847. The van der Waals surface area contributed by atoms with Crippen molar-refractivity contribution in [3.63, 3.8) is 0 Å². The van der Waals surface area contributed by atoms with E-state index in [4.69, 9.17) is 40.3 Å². The molecular weight excluding hydrogens is 1290 g/mol. The Labute approximate surface area is 560 Å². The van der Waals surface area contributed by atoms with Gasteiger partial charge in [-0.1, -0.05) is 99.9 Å². The number of halogens is 1. The number of hydrogen-bond acceptors (Lipinski definition) is 17. The van der Waals surface area contributed by atoms with Crippen LogP contribution in [0.1, 0.15) is 69.1 Å². The first kappa shape index (κ1) is 74.6. The van der Waals surface area contributed by atoms with E-state index in [1.54, 1.807) is 30.3 Å². The number of aliphatic imine (C=N–C) groups is 2. The van der Waals surface area contributed by atoms with Gasteiger partial charge in [-0.15, -0.1) is 0 Å². The number of nitrogens with zero attached hydrogens (tertiary/aromatic N) is 3. The highest BCUT2D eigenvalue weighted by atomic mass is 35.5. The molecule has 0 aliphatic carbocycles.